The van der Waals surface area contributed by atoms with Gasteiger partial charge in [0, 0.05) is 48.8 Å². The monoisotopic (exact) mass is 377 g/mol. The molecule has 0 spiro atoms. The van der Waals surface area contributed by atoms with Gasteiger partial charge in [0.15, 0.2) is 0 Å². The number of nitrogens with zero attached hydrogens (tertiary/aromatic N) is 1. The average Bonchev–Trinajstić information content (AvgIpc) is 3.08. The molecule has 0 unspecified atom stereocenters. The quantitative estimate of drug-likeness (QED) is 0.640. The third-order valence-electron chi connectivity index (χ3n) is 5.70. The van der Waals surface area contributed by atoms with E-state index in [0.29, 0.717) is 18.7 Å². The number of β-amino-alcohol motifs (C(OH)–C–C–N with tert-alkyl or cyclic N) is 1. The molecule has 0 atom stereocenters. The summed E-state index contributed by atoms with van der Waals surface area (Å²) in [7, 11) is 0. The van der Waals surface area contributed by atoms with E-state index in [-0.39, 0.29) is 12.5 Å². The summed E-state index contributed by atoms with van der Waals surface area (Å²) in [6.07, 6.45) is 1.84. The zero-order valence-corrected chi connectivity index (χ0v) is 16.7. The second-order valence-corrected chi connectivity index (χ2v) is 8.17. The molecule has 0 radical (unpaired) electrons. The zero-order chi connectivity index (χ0) is 19.9. The number of rotatable bonds is 5. The lowest BCUT2D eigenvalue weighted by Crippen LogP contribution is -2.65. The van der Waals surface area contributed by atoms with E-state index in [4.69, 9.17) is 0 Å². The minimum Gasteiger partial charge on any atom is -0.385 e. The Balaban J connectivity index is 1.37. The van der Waals surface area contributed by atoms with Gasteiger partial charge in [0.05, 0.1) is 0 Å². The highest BCUT2D eigenvalue weighted by Crippen LogP contribution is 2.25. The van der Waals surface area contributed by atoms with E-state index in [9.17, 15) is 9.90 Å². The third kappa shape index (κ3) is 3.55. The van der Waals surface area contributed by atoms with Gasteiger partial charge in [-0.2, -0.15) is 0 Å². The van der Waals surface area contributed by atoms with E-state index in [1.54, 1.807) is 0 Å². The molecule has 1 saturated heterocycles. The van der Waals surface area contributed by atoms with Crippen molar-refractivity contribution in [1.29, 1.82) is 0 Å². The number of hydrogen-bond acceptors (Lipinski definition) is 3. The smallest absolute Gasteiger partial charge is 0.252 e. The number of carbonyl (C=O) groups is 1. The van der Waals surface area contributed by atoms with Crippen molar-refractivity contribution in [3.8, 4) is 0 Å². The van der Waals surface area contributed by atoms with E-state index in [0.717, 1.165) is 23.0 Å². The summed E-state index contributed by atoms with van der Waals surface area (Å²) in [6, 6.07) is 12.1. The van der Waals surface area contributed by atoms with Gasteiger partial charge >= 0.3 is 0 Å². The number of fused-ring (bicyclic) bond motifs is 1. The number of aryl methyl sites for hydroxylation is 3. The summed E-state index contributed by atoms with van der Waals surface area (Å²) in [5, 5.41) is 14.6. The third-order valence-corrected chi connectivity index (χ3v) is 5.70. The van der Waals surface area contributed by atoms with Gasteiger partial charge in [-0.25, -0.2) is 0 Å². The fourth-order valence-corrected chi connectivity index (χ4v) is 4.17. The Morgan fingerprint density at radius 3 is 2.61 bits per heavy atom. The number of likely N-dealkylation sites (tertiary alicyclic amines) is 1. The summed E-state index contributed by atoms with van der Waals surface area (Å²) < 4.78 is 0. The summed E-state index contributed by atoms with van der Waals surface area (Å²) in [4.78, 5) is 18.1. The number of aromatic nitrogens is 1. The van der Waals surface area contributed by atoms with Gasteiger partial charge in [0.2, 0.25) is 0 Å². The number of aliphatic hydroxyl groups is 1. The van der Waals surface area contributed by atoms with Crippen molar-refractivity contribution in [3.05, 3.63) is 70.4 Å². The predicted octanol–water partition coefficient (Wildman–Crippen LogP) is 3.07. The van der Waals surface area contributed by atoms with E-state index in [1.165, 1.54) is 16.7 Å². The summed E-state index contributed by atoms with van der Waals surface area (Å²) in [5.41, 5.74) is 5.63. The zero-order valence-electron chi connectivity index (χ0n) is 16.7. The number of carbonyl (C=O) groups excluding carboxylic acids is 1. The molecule has 5 nitrogen and oxygen atoms in total. The van der Waals surface area contributed by atoms with Gasteiger partial charge in [-0.15, -0.1) is 0 Å². The molecule has 146 valence electrons. The fourth-order valence-electron chi connectivity index (χ4n) is 4.17. The fraction of sp³-hybridized carbons (Fsp3) is 0.348. The molecule has 3 N–H and O–H groups in total. The average molecular weight is 377 g/mol. The van der Waals surface area contributed by atoms with Crippen molar-refractivity contribution in [2.75, 3.05) is 19.6 Å². The molecule has 1 amide bonds. The number of benzene rings is 2. The normalized spacial score (nSPS) is 16.1. The standard InChI is InChI=1S/C23H27N3O2/c1-15-9-19(18-7-8-24-21(18)10-15)22(27)25-12-23(28)13-26(14-23)11-20-16(2)5-4-6-17(20)3/h4-10,24,28H,11-14H2,1-3H3,(H,25,27). The largest absolute Gasteiger partial charge is 0.385 e. The Morgan fingerprint density at radius 1 is 1.18 bits per heavy atom. The Bertz CT molecular complexity index is 1010. The summed E-state index contributed by atoms with van der Waals surface area (Å²) >= 11 is 0. The van der Waals surface area contributed by atoms with E-state index < -0.39 is 5.60 Å². The molecular formula is C23H27N3O2. The van der Waals surface area contributed by atoms with Crippen LogP contribution in [-0.2, 0) is 6.54 Å². The van der Waals surface area contributed by atoms with Crippen LogP contribution in [0.15, 0.2) is 42.6 Å². The number of aromatic amines is 1. The molecular weight excluding hydrogens is 350 g/mol. The summed E-state index contributed by atoms with van der Waals surface area (Å²) in [5.74, 6) is -0.144. The SMILES string of the molecule is Cc1cc(C(=O)NCC2(O)CN(Cc3c(C)cccc3C)C2)c2cc[nH]c2c1. The molecule has 1 aliphatic rings. The molecule has 1 aliphatic heterocycles. The van der Waals surface area contributed by atoms with Crippen molar-refractivity contribution < 1.29 is 9.90 Å². The van der Waals surface area contributed by atoms with Crippen LogP contribution in [0.3, 0.4) is 0 Å². The maximum absolute atomic E-state index is 12.7. The first kappa shape index (κ1) is 18.7. The molecule has 0 aliphatic carbocycles. The first-order valence-electron chi connectivity index (χ1n) is 9.70. The highest BCUT2D eigenvalue weighted by atomic mass is 16.3. The Hall–Kier alpha value is -2.63. The lowest BCUT2D eigenvalue weighted by atomic mass is 9.92. The van der Waals surface area contributed by atoms with Crippen molar-refractivity contribution in [2.24, 2.45) is 0 Å². The van der Waals surface area contributed by atoms with Crippen LogP contribution in [0.25, 0.3) is 10.9 Å². The second kappa shape index (κ2) is 7.08. The maximum Gasteiger partial charge on any atom is 0.252 e. The van der Waals surface area contributed by atoms with Crippen LogP contribution in [0.5, 0.6) is 0 Å². The van der Waals surface area contributed by atoms with Crippen LogP contribution in [0.1, 0.15) is 32.6 Å². The number of hydrogen-bond donors (Lipinski definition) is 3. The Kier molecular flexibility index (Phi) is 4.73. The van der Waals surface area contributed by atoms with Crippen molar-refractivity contribution in [3.63, 3.8) is 0 Å². The minimum atomic E-state index is -0.868. The van der Waals surface area contributed by atoms with Crippen LogP contribution in [0.4, 0.5) is 0 Å². The van der Waals surface area contributed by atoms with Crippen LogP contribution in [-0.4, -0.2) is 46.1 Å². The van der Waals surface area contributed by atoms with Gasteiger partial charge in [-0.3, -0.25) is 9.69 Å². The van der Waals surface area contributed by atoms with E-state index in [1.807, 2.05) is 31.3 Å². The molecule has 5 heteroatoms. The molecule has 1 fully saturated rings. The van der Waals surface area contributed by atoms with E-state index >= 15 is 0 Å². The van der Waals surface area contributed by atoms with Crippen LogP contribution in [0.2, 0.25) is 0 Å². The molecule has 1 aromatic heterocycles. The lowest BCUT2D eigenvalue weighted by molar-refractivity contribution is -0.0975. The number of amides is 1. The van der Waals surface area contributed by atoms with Crippen molar-refractivity contribution in [1.82, 2.24) is 15.2 Å². The van der Waals surface area contributed by atoms with Gasteiger partial charge in [-0.05, 0) is 61.2 Å². The first-order chi connectivity index (χ1) is 13.3. The highest BCUT2D eigenvalue weighted by molar-refractivity contribution is 6.06. The van der Waals surface area contributed by atoms with Crippen molar-refractivity contribution in [2.45, 2.75) is 32.9 Å². The second-order valence-electron chi connectivity index (χ2n) is 8.17. The lowest BCUT2D eigenvalue weighted by Gasteiger charge is -2.47. The Labute approximate surface area is 165 Å². The van der Waals surface area contributed by atoms with E-state index in [2.05, 4.69) is 47.2 Å². The van der Waals surface area contributed by atoms with Gasteiger partial charge in [-0.1, -0.05) is 18.2 Å². The van der Waals surface area contributed by atoms with Gasteiger partial charge in [0.25, 0.3) is 5.91 Å². The van der Waals surface area contributed by atoms with Crippen LogP contribution in [0, 0.1) is 20.8 Å². The predicted molar refractivity (Wildman–Crippen MR) is 112 cm³/mol. The number of nitrogens with one attached hydrogen (secondary N) is 2. The Morgan fingerprint density at radius 2 is 1.89 bits per heavy atom. The minimum absolute atomic E-state index is 0.144. The molecule has 0 saturated carbocycles. The van der Waals surface area contributed by atoms with Crippen LogP contribution < -0.4 is 5.32 Å². The molecule has 2 heterocycles. The molecule has 2 aromatic carbocycles. The van der Waals surface area contributed by atoms with Crippen molar-refractivity contribution >= 4 is 16.8 Å². The first-order valence-corrected chi connectivity index (χ1v) is 9.70. The molecule has 4 rings (SSSR count). The summed E-state index contributed by atoms with van der Waals surface area (Å²) in [6.45, 7) is 8.44. The molecule has 28 heavy (non-hydrogen) atoms. The number of H-pyrrole nitrogens is 1. The molecule has 3 aromatic rings. The topological polar surface area (TPSA) is 68.4 Å². The van der Waals surface area contributed by atoms with Gasteiger partial charge < -0.3 is 15.4 Å². The highest BCUT2D eigenvalue weighted by Gasteiger charge is 2.41. The molecule has 0 bridgehead atoms. The van der Waals surface area contributed by atoms with Crippen LogP contribution >= 0.6 is 0 Å². The van der Waals surface area contributed by atoms with Gasteiger partial charge in [0.1, 0.15) is 5.60 Å². The maximum atomic E-state index is 12.7.